The van der Waals surface area contributed by atoms with Crippen LogP contribution in [0.3, 0.4) is 0 Å². The van der Waals surface area contributed by atoms with E-state index in [4.69, 9.17) is 18.9 Å². The van der Waals surface area contributed by atoms with Crippen LogP contribution in [0.15, 0.2) is 18.2 Å². The molecule has 13 nitrogen and oxygen atoms in total. The molecule has 0 aromatic heterocycles. The zero-order valence-corrected chi connectivity index (χ0v) is 27.3. The number of nitrogens with one attached hydrogen (secondary N) is 3. The van der Waals surface area contributed by atoms with Gasteiger partial charge in [-0.1, -0.05) is 18.9 Å². The summed E-state index contributed by atoms with van der Waals surface area (Å²) in [5.74, 6) is 0.0835. The smallest absolute Gasteiger partial charge is 0.315 e. The average Bonchev–Trinajstić information content (AvgIpc) is 3.59. The van der Waals surface area contributed by atoms with E-state index >= 15 is 0 Å². The van der Waals surface area contributed by atoms with Crippen molar-refractivity contribution in [1.29, 1.82) is 0 Å². The third-order valence-corrected chi connectivity index (χ3v) is 9.20. The van der Waals surface area contributed by atoms with Gasteiger partial charge in [0.25, 0.3) is 0 Å². The Balaban J connectivity index is 1.01. The van der Waals surface area contributed by atoms with Gasteiger partial charge >= 0.3 is 12.0 Å². The molecule has 2 fully saturated rings. The van der Waals surface area contributed by atoms with Gasteiger partial charge in [-0.25, -0.2) is 4.79 Å². The normalized spacial score (nSPS) is 18.5. The lowest BCUT2D eigenvalue weighted by Crippen LogP contribution is -2.36. The van der Waals surface area contributed by atoms with E-state index < -0.39 is 5.97 Å². The number of benzene rings is 1. The highest BCUT2D eigenvalue weighted by atomic mass is 32.2. The number of aromatic hydroxyl groups is 2. The summed E-state index contributed by atoms with van der Waals surface area (Å²) < 4.78 is 21.4. The summed E-state index contributed by atoms with van der Waals surface area (Å²) in [6.45, 7) is 2.77. The molecule has 14 heteroatoms. The number of esters is 1. The Morgan fingerprint density at radius 2 is 1.54 bits per heavy atom. The summed E-state index contributed by atoms with van der Waals surface area (Å²) in [6.07, 6.45) is 6.38. The van der Waals surface area contributed by atoms with Gasteiger partial charge in [0.2, 0.25) is 5.91 Å². The van der Waals surface area contributed by atoms with Gasteiger partial charge in [0.1, 0.15) is 12.4 Å². The van der Waals surface area contributed by atoms with E-state index in [2.05, 4.69) is 16.0 Å². The second-order valence-corrected chi connectivity index (χ2v) is 12.6. The van der Waals surface area contributed by atoms with Crippen molar-refractivity contribution in [2.75, 3.05) is 58.5 Å². The van der Waals surface area contributed by atoms with E-state index in [0.29, 0.717) is 70.5 Å². The largest absolute Gasteiger partial charge is 0.504 e. The minimum absolute atomic E-state index is 0.00999. The van der Waals surface area contributed by atoms with Crippen molar-refractivity contribution in [2.45, 2.75) is 81.5 Å². The number of ether oxygens (including phenoxy) is 4. The molecule has 2 aliphatic heterocycles. The van der Waals surface area contributed by atoms with Crippen LogP contribution in [0.25, 0.3) is 0 Å². The van der Waals surface area contributed by atoms with Crippen LogP contribution in [0.5, 0.6) is 11.5 Å². The van der Waals surface area contributed by atoms with Gasteiger partial charge in [0.05, 0.1) is 51.5 Å². The topological polar surface area (TPSA) is 182 Å². The van der Waals surface area contributed by atoms with Gasteiger partial charge in [-0.15, -0.1) is 0 Å². The first-order valence-electron chi connectivity index (χ1n) is 16.2. The molecule has 258 valence electrons. The zero-order valence-electron chi connectivity index (χ0n) is 26.5. The van der Waals surface area contributed by atoms with Crippen molar-refractivity contribution >= 4 is 35.5 Å². The maximum atomic E-state index is 12.1. The predicted molar refractivity (Wildman–Crippen MR) is 172 cm³/mol. The van der Waals surface area contributed by atoms with Crippen LogP contribution in [0, 0.1) is 0 Å². The Morgan fingerprint density at radius 1 is 0.826 bits per heavy atom. The summed E-state index contributed by atoms with van der Waals surface area (Å²) in [5.41, 5.74) is 0.765. The van der Waals surface area contributed by atoms with Gasteiger partial charge in [-0.3, -0.25) is 14.4 Å². The molecule has 3 atom stereocenters. The lowest BCUT2D eigenvalue weighted by atomic mass is 10.0. The minimum atomic E-state index is -0.482. The molecule has 1 aromatic rings. The Kier molecular flexibility index (Phi) is 17.6. The summed E-state index contributed by atoms with van der Waals surface area (Å²) in [6, 6.07) is 4.94. The first kappa shape index (κ1) is 37.4. The van der Waals surface area contributed by atoms with E-state index in [1.165, 1.54) is 12.1 Å². The number of phenols is 2. The van der Waals surface area contributed by atoms with Crippen molar-refractivity contribution in [3.05, 3.63) is 23.8 Å². The third-order valence-electron chi connectivity index (χ3n) is 7.69. The minimum Gasteiger partial charge on any atom is -0.504 e. The number of carbonyl (C=O) groups excluding carboxylic acids is 4. The summed E-state index contributed by atoms with van der Waals surface area (Å²) in [7, 11) is 0. The monoisotopic (exact) mass is 667 g/mol. The van der Waals surface area contributed by atoms with Gasteiger partial charge in [-0.05, 0) is 43.4 Å². The number of hydrogen-bond acceptors (Lipinski definition) is 11. The fourth-order valence-corrected chi connectivity index (χ4v) is 6.73. The lowest BCUT2D eigenvalue weighted by Gasteiger charge is -2.16. The molecule has 0 radical (unpaired) electrons. The number of fused-ring (bicyclic) bond motifs is 1. The van der Waals surface area contributed by atoms with Crippen LogP contribution in [0.1, 0.15) is 63.4 Å². The number of amides is 3. The van der Waals surface area contributed by atoms with Crippen LogP contribution >= 0.6 is 11.8 Å². The van der Waals surface area contributed by atoms with E-state index in [0.717, 1.165) is 37.0 Å². The number of phenolic OH excluding ortho intramolecular Hbond substituents is 2. The highest BCUT2D eigenvalue weighted by Crippen LogP contribution is 2.33. The second kappa shape index (κ2) is 21.7. The predicted octanol–water partition coefficient (Wildman–Crippen LogP) is 2.59. The maximum absolute atomic E-state index is 12.1. The highest BCUT2D eigenvalue weighted by molar-refractivity contribution is 8.00. The van der Waals surface area contributed by atoms with Crippen LogP contribution in [-0.2, 0) is 39.8 Å². The number of thioether (sulfide) groups is 1. The Morgan fingerprint density at radius 3 is 2.30 bits per heavy atom. The van der Waals surface area contributed by atoms with Gasteiger partial charge in [0, 0.05) is 43.4 Å². The Labute approximate surface area is 274 Å². The number of rotatable bonds is 25. The third kappa shape index (κ3) is 15.0. The van der Waals surface area contributed by atoms with Crippen LogP contribution < -0.4 is 16.0 Å². The number of ketones is 1. The molecule has 0 bridgehead atoms. The molecule has 2 heterocycles. The van der Waals surface area contributed by atoms with Crippen molar-refractivity contribution in [3.8, 4) is 11.5 Å². The van der Waals surface area contributed by atoms with Gasteiger partial charge in [0.15, 0.2) is 11.5 Å². The van der Waals surface area contributed by atoms with E-state index in [1.54, 1.807) is 6.07 Å². The lowest BCUT2D eigenvalue weighted by molar-refractivity contribution is -0.146. The fourth-order valence-electron chi connectivity index (χ4n) is 5.19. The molecule has 2 saturated heterocycles. The van der Waals surface area contributed by atoms with Crippen LogP contribution in [-0.4, -0.2) is 110 Å². The molecule has 1 aromatic carbocycles. The van der Waals surface area contributed by atoms with E-state index in [9.17, 15) is 29.4 Å². The zero-order chi connectivity index (χ0) is 33.0. The van der Waals surface area contributed by atoms with Crippen LogP contribution in [0.4, 0.5) is 4.79 Å². The molecule has 2 aliphatic rings. The van der Waals surface area contributed by atoms with E-state index in [1.807, 2.05) is 11.8 Å². The fraction of sp³-hybridized carbons (Fsp3) is 0.688. The van der Waals surface area contributed by atoms with Crippen molar-refractivity contribution in [2.24, 2.45) is 0 Å². The van der Waals surface area contributed by atoms with Gasteiger partial charge < -0.3 is 45.1 Å². The Bertz CT molecular complexity index is 1110. The summed E-state index contributed by atoms with van der Waals surface area (Å²) in [4.78, 5) is 47.3. The molecule has 0 saturated carbocycles. The molecule has 0 unspecified atom stereocenters. The van der Waals surface area contributed by atoms with Crippen molar-refractivity contribution in [1.82, 2.24) is 16.0 Å². The first-order chi connectivity index (χ1) is 22.3. The molecular formula is C32H49N3O10S. The van der Waals surface area contributed by atoms with E-state index in [-0.39, 0.29) is 67.4 Å². The number of hydrogen-bond donors (Lipinski definition) is 5. The number of urea groups is 1. The van der Waals surface area contributed by atoms with Crippen LogP contribution in [0.2, 0.25) is 0 Å². The summed E-state index contributed by atoms with van der Waals surface area (Å²) >= 11 is 1.93. The Hall–Kier alpha value is -3.07. The molecule has 46 heavy (non-hydrogen) atoms. The molecular weight excluding hydrogens is 618 g/mol. The first-order valence-corrected chi connectivity index (χ1v) is 17.2. The standard InChI is InChI=1S/C32H49N3O10S/c36-24(5-2-1-3-7-28-31-25(22-46-28)34-32(41)35-31)6-4-14-42-15-16-43-17-18-44-19-20-45-30(40)11-10-29(39)33-13-12-23-8-9-26(37)27(38)21-23/h8-9,21,25,28,31,37-38H,1-7,10-20,22H2,(H,33,39)(H2,34,35,41)/t25-,28-,31-/m1/s1. The number of Topliss-reactive ketones (excluding diaryl/α,β-unsaturated/α-hetero) is 1. The molecule has 5 N–H and O–H groups in total. The SMILES string of the molecule is O=C(CCCCC[C@H]1SC[C@H]2NC(=O)N[C@H]21)CCCOCCOCCOCCOC(=O)CCC(=O)NCCc1ccc(O)c(O)c1. The van der Waals surface area contributed by atoms with Crippen molar-refractivity contribution in [3.63, 3.8) is 0 Å². The molecule has 0 spiro atoms. The molecule has 3 rings (SSSR count). The molecule has 0 aliphatic carbocycles. The van der Waals surface area contributed by atoms with Crippen molar-refractivity contribution < 1.29 is 48.3 Å². The number of carbonyl (C=O) groups is 4. The quantitative estimate of drug-likeness (QED) is 0.0448. The number of unbranched alkanes of at least 4 members (excludes halogenated alkanes) is 2. The molecule has 3 amide bonds. The van der Waals surface area contributed by atoms with Gasteiger partial charge in [-0.2, -0.15) is 11.8 Å². The maximum Gasteiger partial charge on any atom is 0.315 e. The summed E-state index contributed by atoms with van der Waals surface area (Å²) in [5, 5.41) is 28.0. The highest BCUT2D eigenvalue weighted by Gasteiger charge is 2.42. The average molecular weight is 668 g/mol. The second-order valence-electron chi connectivity index (χ2n) is 11.3.